The van der Waals surface area contributed by atoms with Crippen molar-refractivity contribution in [1.29, 1.82) is 0 Å². The van der Waals surface area contributed by atoms with Gasteiger partial charge in [0.05, 0.1) is 18.8 Å². The molecule has 2 saturated carbocycles. The summed E-state index contributed by atoms with van der Waals surface area (Å²) in [7, 11) is 0. The second-order valence-corrected chi connectivity index (χ2v) is 10.8. The first kappa shape index (κ1) is 29.2. The van der Waals surface area contributed by atoms with Crippen LogP contribution in [0.1, 0.15) is 107 Å². The van der Waals surface area contributed by atoms with Gasteiger partial charge in [-0.2, -0.15) is 0 Å². The molecule has 2 aliphatic carbocycles. The summed E-state index contributed by atoms with van der Waals surface area (Å²) in [6.45, 7) is 6.26. The Morgan fingerprint density at radius 2 is 1.62 bits per heavy atom. The van der Waals surface area contributed by atoms with Crippen LogP contribution in [0.2, 0.25) is 0 Å². The van der Waals surface area contributed by atoms with Crippen LogP contribution >= 0.6 is 0 Å². The molecular weight excluding hydrogens is 471 g/mol. The summed E-state index contributed by atoms with van der Waals surface area (Å²) in [6.07, 6.45) is 17.2. The summed E-state index contributed by atoms with van der Waals surface area (Å²) in [6, 6.07) is 4.25. The lowest BCUT2D eigenvalue weighted by Gasteiger charge is -2.37. The molecule has 0 aromatic heterocycles. The van der Waals surface area contributed by atoms with Gasteiger partial charge in [-0.25, -0.2) is 14.0 Å². The third-order valence-electron chi connectivity index (χ3n) is 8.15. The molecule has 0 unspecified atom stereocenters. The van der Waals surface area contributed by atoms with Crippen LogP contribution in [0, 0.1) is 23.6 Å². The van der Waals surface area contributed by atoms with Crippen molar-refractivity contribution in [2.75, 3.05) is 13.2 Å². The normalized spacial score (nSPS) is 23.7. The smallest absolute Gasteiger partial charge is 0.341 e. The predicted molar refractivity (Wildman–Crippen MR) is 143 cm³/mol. The molecule has 0 heterocycles. The van der Waals surface area contributed by atoms with Gasteiger partial charge in [0.1, 0.15) is 17.7 Å². The van der Waals surface area contributed by atoms with E-state index in [9.17, 15) is 14.0 Å². The third kappa shape index (κ3) is 9.79. The molecule has 0 spiro atoms. The summed E-state index contributed by atoms with van der Waals surface area (Å²) < 4.78 is 30.7. The topological polar surface area (TPSA) is 61.8 Å². The molecule has 0 saturated heterocycles. The zero-order chi connectivity index (χ0) is 26.5. The Hall–Kier alpha value is -2.37. The zero-order valence-corrected chi connectivity index (χ0v) is 22.6. The fourth-order valence-corrected chi connectivity index (χ4v) is 5.90. The van der Waals surface area contributed by atoms with Gasteiger partial charge in [-0.3, -0.25) is 0 Å². The third-order valence-corrected chi connectivity index (χ3v) is 8.15. The Morgan fingerprint density at radius 1 is 0.946 bits per heavy atom. The minimum Gasteiger partial charge on any atom is -0.493 e. The van der Waals surface area contributed by atoms with Crippen molar-refractivity contribution in [3.8, 4) is 5.75 Å². The maximum absolute atomic E-state index is 14.6. The van der Waals surface area contributed by atoms with Crippen LogP contribution in [0.5, 0.6) is 5.75 Å². The average molecular weight is 517 g/mol. The number of carbonyl (C=O) groups excluding carboxylic acids is 2. The van der Waals surface area contributed by atoms with Gasteiger partial charge in [-0.1, -0.05) is 52.0 Å². The quantitative estimate of drug-likeness (QED) is 0.143. The van der Waals surface area contributed by atoms with Gasteiger partial charge in [0.2, 0.25) is 0 Å². The Kier molecular flexibility index (Phi) is 12.5. The fourth-order valence-electron chi connectivity index (χ4n) is 5.90. The minimum absolute atomic E-state index is 0.0489. The van der Waals surface area contributed by atoms with Gasteiger partial charge in [0.15, 0.2) is 0 Å². The Morgan fingerprint density at radius 3 is 2.27 bits per heavy atom. The van der Waals surface area contributed by atoms with E-state index in [1.807, 2.05) is 0 Å². The van der Waals surface area contributed by atoms with Crippen LogP contribution in [0.25, 0.3) is 0 Å². The first-order chi connectivity index (χ1) is 18.0. The van der Waals surface area contributed by atoms with Crippen LogP contribution in [0.4, 0.5) is 4.39 Å². The molecule has 6 heteroatoms. The lowest BCUT2D eigenvalue weighted by atomic mass is 9.70. The number of hydrogen-bond donors (Lipinski definition) is 0. The van der Waals surface area contributed by atoms with Crippen LogP contribution in [0.3, 0.4) is 0 Å². The van der Waals surface area contributed by atoms with Gasteiger partial charge in [0, 0.05) is 12.1 Å². The number of halogens is 1. The molecule has 0 atom stereocenters. The molecule has 0 amide bonds. The Labute approximate surface area is 222 Å². The summed E-state index contributed by atoms with van der Waals surface area (Å²) in [5.41, 5.74) is -0.0489. The molecule has 2 aliphatic rings. The second-order valence-electron chi connectivity index (χ2n) is 10.8. The maximum atomic E-state index is 14.6. The monoisotopic (exact) mass is 516 g/mol. The molecule has 0 N–H and O–H groups in total. The van der Waals surface area contributed by atoms with Crippen LogP contribution < -0.4 is 4.74 Å². The van der Waals surface area contributed by atoms with Crippen LogP contribution in [0.15, 0.2) is 30.9 Å². The van der Waals surface area contributed by atoms with Gasteiger partial charge in [-0.05, 0) is 81.3 Å². The summed E-state index contributed by atoms with van der Waals surface area (Å²) in [4.78, 5) is 23.6. The maximum Gasteiger partial charge on any atom is 0.341 e. The van der Waals surface area contributed by atoms with Crippen LogP contribution in [-0.4, -0.2) is 31.3 Å². The molecule has 3 rings (SSSR count). The molecule has 206 valence electrons. The van der Waals surface area contributed by atoms with E-state index in [1.54, 1.807) is 6.07 Å². The molecule has 37 heavy (non-hydrogen) atoms. The van der Waals surface area contributed by atoms with Gasteiger partial charge < -0.3 is 14.2 Å². The highest BCUT2D eigenvalue weighted by molar-refractivity contribution is 5.90. The Balaban J connectivity index is 1.34. The molecule has 1 aromatic carbocycles. The van der Waals surface area contributed by atoms with E-state index in [0.717, 1.165) is 49.5 Å². The molecule has 1 aromatic rings. The van der Waals surface area contributed by atoms with E-state index < -0.39 is 17.8 Å². The van der Waals surface area contributed by atoms with Gasteiger partial charge in [0.25, 0.3) is 0 Å². The molecule has 2 fully saturated rings. The van der Waals surface area contributed by atoms with Crippen molar-refractivity contribution in [3.63, 3.8) is 0 Å². The van der Waals surface area contributed by atoms with Crippen molar-refractivity contribution in [3.05, 3.63) is 42.2 Å². The van der Waals surface area contributed by atoms with Crippen molar-refractivity contribution < 1.29 is 28.2 Å². The molecule has 0 aliphatic heterocycles. The van der Waals surface area contributed by atoms with Gasteiger partial charge in [-0.15, -0.1) is 0 Å². The summed E-state index contributed by atoms with van der Waals surface area (Å²) in [5.74, 6) is 1.18. The van der Waals surface area contributed by atoms with E-state index >= 15 is 0 Å². The first-order valence-corrected chi connectivity index (χ1v) is 14.4. The number of unbranched alkanes of at least 4 members (excludes halogenated alkanes) is 3. The van der Waals surface area contributed by atoms with Gasteiger partial charge >= 0.3 is 11.9 Å². The fraction of sp³-hybridized carbons (Fsp3) is 0.677. The second kappa shape index (κ2) is 15.8. The SMILES string of the molecule is C=CC(=O)OCCCCOc1ccc(C(=O)OC2CCC(C3CCC(CCCCC)CC3)CC2)c(F)c1. The lowest BCUT2D eigenvalue weighted by Crippen LogP contribution is -2.30. The number of carbonyl (C=O) groups is 2. The lowest BCUT2D eigenvalue weighted by molar-refractivity contribution is -0.137. The molecule has 5 nitrogen and oxygen atoms in total. The number of rotatable bonds is 14. The standard InChI is InChI=1S/C31H45FO5/c1-3-5-6-9-23-10-12-24(13-11-23)25-14-16-26(17-15-25)37-31(34)28-19-18-27(22-29(28)32)35-20-7-8-21-36-30(33)4-2/h4,18-19,22-26H,2-3,5-17,20-21H2,1H3. The number of esters is 2. The predicted octanol–water partition coefficient (Wildman–Crippen LogP) is 7.82. The van der Waals surface area contributed by atoms with Crippen molar-refractivity contribution >= 4 is 11.9 Å². The number of ether oxygens (including phenoxy) is 3. The number of benzene rings is 1. The van der Waals surface area contributed by atoms with Crippen molar-refractivity contribution in [2.45, 2.75) is 103 Å². The zero-order valence-electron chi connectivity index (χ0n) is 22.6. The largest absolute Gasteiger partial charge is 0.493 e. The summed E-state index contributed by atoms with van der Waals surface area (Å²) >= 11 is 0. The highest BCUT2D eigenvalue weighted by atomic mass is 19.1. The van der Waals surface area contributed by atoms with E-state index in [2.05, 4.69) is 13.5 Å². The average Bonchev–Trinajstić information content (AvgIpc) is 2.91. The van der Waals surface area contributed by atoms with E-state index in [-0.39, 0.29) is 18.3 Å². The van der Waals surface area contributed by atoms with Crippen molar-refractivity contribution in [2.24, 2.45) is 17.8 Å². The van der Waals surface area contributed by atoms with E-state index in [4.69, 9.17) is 14.2 Å². The van der Waals surface area contributed by atoms with Crippen molar-refractivity contribution in [1.82, 2.24) is 0 Å². The highest BCUT2D eigenvalue weighted by Crippen LogP contribution is 2.41. The highest BCUT2D eigenvalue weighted by Gasteiger charge is 2.32. The molecule has 0 radical (unpaired) electrons. The van der Waals surface area contributed by atoms with E-state index in [0.29, 0.717) is 25.2 Å². The first-order valence-electron chi connectivity index (χ1n) is 14.4. The molecular formula is C31H45FO5. The van der Waals surface area contributed by atoms with Crippen LogP contribution in [-0.2, 0) is 14.3 Å². The Bertz CT molecular complexity index is 853. The van der Waals surface area contributed by atoms with E-state index in [1.165, 1.54) is 63.5 Å². The molecule has 0 bridgehead atoms. The minimum atomic E-state index is -0.633. The number of hydrogen-bond acceptors (Lipinski definition) is 5. The summed E-state index contributed by atoms with van der Waals surface area (Å²) in [5, 5.41) is 0.